The van der Waals surface area contributed by atoms with Crippen molar-refractivity contribution in [2.45, 2.75) is 18.7 Å². The summed E-state index contributed by atoms with van der Waals surface area (Å²) in [6.07, 6.45) is -0.637. The Bertz CT molecular complexity index is 799. The maximum atomic E-state index is 12.3. The van der Waals surface area contributed by atoms with Crippen LogP contribution < -0.4 is 10.0 Å². The normalized spacial score (nSPS) is 10.9. The van der Waals surface area contributed by atoms with Gasteiger partial charge in [-0.1, -0.05) is 0 Å². The molecule has 0 saturated heterocycles. The summed E-state index contributed by atoms with van der Waals surface area (Å²) in [4.78, 5) is 19.2. The topological polar surface area (TPSA) is 110 Å². The van der Waals surface area contributed by atoms with Crippen LogP contribution >= 0.6 is 0 Å². The molecule has 1 aromatic heterocycles. The molecule has 0 bridgehead atoms. The predicted octanol–water partition coefficient (Wildman–Crippen LogP) is 2.07. The summed E-state index contributed by atoms with van der Waals surface area (Å²) in [5.74, 6) is 0.0132. The van der Waals surface area contributed by atoms with Crippen LogP contribution in [0.25, 0.3) is 0 Å². The molecule has 9 heteroatoms. The number of benzene rings is 1. The second-order valence-electron chi connectivity index (χ2n) is 4.72. The number of aryl methyl sites for hydroxylation is 2. The number of nitrogens with zero attached hydrogens (tertiary/aromatic N) is 2. The van der Waals surface area contributed by atoms with Gasteiger partial charge in [0.1, 0.15) is 0 Å². The van der Waals surface area contributed by atoms with E-state index in [4.69, 9.17) is 0 Å². The zero-order valence-corrected chi connectivity index (χ0v) is 13.6. The highest BCUT2D eigenvalue weighted by Crippen LogP contribution is 2.17. The molecule has 0 aliphatic carbocycles. The van der Waals surface area contributed by atoms with Gasteiger partial charge in [-0.2, -0.15) is 0 Å². The molecule has 0 atom stereocenters. The summed E-state index contributed by atoms with van der Waals surface area (Å²) in [7, 11) is -2.58. The van der Waals surface area contributed by atoms with Gasteiger partial charge in [0.25, 0.3) is 10.0 Å². The lowest BCUT2D eigenvalue weighted by molar-refractivity contribution is 0.187. The number of carbonyl (C=O) groups excluding carboxylic acids is 1. The van der Waals surface area contributed by atoms with Crippen LogP contribution in [-0.4, -0.2) is 31.6 Å². The largest absolute Gasteiger partial charge is 0.453 e. The molecule has 23 heavy (non-hydrogen) atoms. The van der Waals surface area contributed by atoms with Crippen LogP contribution in [-0.2, 0) is 14.8 Å². The van der Waals surface area contributed by atoms with E-state index in [0.717, 1.165) is 0 Å². The van der Waals surface area contributed by atoms with E-state index in [1.54, 1.807) is 19.9 Å². The fraction of sp³-hybridized carbons (Fsp3) is 0.214. The monoisotopic (exact) mass is 336 g/mol. The molecule has 0 unspecified atom stereocenters. The Labute approximate surface area is 134 Å². The van der Waals surface area contributed by atoms with Gasteiger partial charge in [0.05, 0.1) is 12.0 Å². The molecule has 0 aliphatic heterocycles. The Kier molecular flexibility index (Phi) is 4.80. The molecule has 8 nitrogen and oxygen atoms in total. The Morgan fingerprint density at radius 3 is 2.17 bits per heavy atom. The van der Waals surface area contributed by atoms with Crippen molar-refractivity contribution in [3.05, 3.63) is 41.7 Å². The van der Waals surface area contributed by atoms with Crippen LogP contribution in [0.1, 0.15) is 11.4 Å². The number of hydrogen-bond acceptors (Lipinski definition) is 6. The zero-order chi connectivity index (χ0) is 17.0. The van der Waals surface area contributed by atoms with Crippen molar-refractivity contribution >= 4 is 27.8 Å². The zero-order valence-electron chi connectivity index (χ0n) is 12.8. The molecule has 2 aromatic rings. The van der Waals surface area contributed by atoms with Gasteiger partial charge < -0.3 is 4.74 Å². The summed E-state index contributed by atoms with van der Waals surface area (Å²) in [5, 5.41) is 2.43. The van der Waals surface area contributed by atoms with Gasteiger partial charge in [0, 0.05) is 17.1 Å². The van der Waals surface area contributed by atoms with Gasteiger partial charge in [-0.3, -0.25) is 5.32 Å². The second kappa shape index (κ2) is 6.61. The number of carbonyl (C=O) groups is 1. The standard InChI is InChI=1S/C14H16N4O4S/c1-9-8-10(2)16-13(15-9)18-23(20,21)12-6-4-11(5-7-12)17-14(19)22-3/h4-8H,1-3H3,(H,17,19)(H,15,16,18). The summed E-state index contributed by atoms with van der Waals surface area (Å²) < 4.78 is 31.4. The molecular weight excluding hydrogens is 320 g/mol. The Morgan fingerprint density at radius 2 is 1.65 bits per heavy atom. The minimum Gasteiger partial charge on any atom is -0.453 e. The number of amides is 1. The van der Waals surface area contributed by atoms with Crippen molar-refractivity contribution in [1.29, 1.82) is 0 Å². The fourth-order valence-corrected chi connectivity index (χ4v) is 2.78. The van der Waals surface area contributed by atoms with E-state index in [2.05, 4.69) is 24.7 Å². The van der Waals surface area contributed by atoms with Gasteiger partial charge in [0.15, 0.2) is 0 Å². The lowest BCUT2D eigenvalue weighted by Crippen LogP contribution is -2.16. The average Bonchev–Trinajstić information content (AvgIpc) is 2.46. The Hall–Kier alpha value is -2.68. The van der Waals surface area contributed by atoms with Gasteiger partial charge >= 0.3 is 6.09 Å². The fourth-order valence-electron chi connectivity index (χ4n) is 1.84. The third-order valence-electron chi connectivity index (χ3n) is 2.80. The highest BCUT2D eigenvalue weighted by Gasteiger charge is 2.16. The number of nitrogens with one attached hydrogen (secondary N) is 2. The van der Waals surface area contributed by atoms with E-state index >= 15 is 0 Å². The predicted molar refractivity (Wildman–Crippen MR) is 84.8 cm³/mol. The van der Waals surface area contributed by atoms with E-state index in [0.29, 0.717) is 17.1 Å². The van der Waals surface area contributed by atoms with Crippen LogP contribution in [0.3, 0.4) is 0 Å². The van der Waals surface area contributed by atoms with Gasteiger partial charge in [0.2, 0.25) is 5.95 Å². The number of methoxy groups -OCH3 is 1. The molecule has 1 heterocycles. The molecule has 2 N–H and O–H groups in total. The number of anilines is 2. The Morgan fingerprint density at radius 1 is 1.09 bits per heavy atom. The van der Waals surface area contributed by atoms with Crippen LogP contribution in [0.4, 0.5) is 16.4 Å². The lowest BCUT2D eigenvalue weighted by Gasteiger charge is -2.09. The summed E-state index contributed by atoms with van der Waals surface area (Å²) in [6, 6.07) is 7.36. The number of hydrogen-bond donors (Lipinski definition) is 2. The van der Waals surface area contributed by atoms with Crippen molar-refractivity contribution in [2.24, 2.45) is 0 Å². The summed E-state index contributed by atoms with van der Waals surface area (Å²) in [6.45, 7) is 3.50. The number of aromatic nitrogens is 2. The van der Waals surface area contributed by atoms with Crippen LogP contribution in [0.15, 0.2) is 35.2 Å². The maximum absolute atomic E-state index is 12.3. The third kappa shape index (κ3) is 4.39. The van der Waals surface area contributed by atoms with Gasteiger partial charge in [-0.15, -0.1) is 0 Å². The van der Waals surface area contributed by atoms with E-state index in [1.165, 1.54) is 31.4 Å². The van der Waals surface area contributed by atoms with Crippen molar-refractivity contribution < 1.29 is 17.9 Å². The molecule has 1 amide bonds. The molecule has 1 aromatic carbocycles. The number of sulfonamides is 1. The SMILES string of the molecule is COC(=O)Nc1ccc(S(=O)(=O)Nc2nc(C)cc(C)n2)cc1. The number of rotatable bonds is 4. The first kappa shape index (κ1) is 16.7. The quantitative estimate of drug-likeness (QED) is 0.884. The van der Waals surface area contributed by atoms with Crippen LogP contribution in [0.2, 0.25) is 0 Å². The summed E-state index contributed by atoms with van der Waals surface area (Å²) >= 11 is 0. The van der Waals surface area contributed by atoms with Crippen LogP contribution in [0, 0.1) is 13.8 Å². The minimum absolute atomic E-state index is 0.0132. The van der Waals surface area contributed by atoms with E-state index in [1.807, 2.05) is 0 Å². The van der Waals surface area contributed by atoms with Gasteiger partial charge in [-0.05, 0) is 44.2 Å². The summed E-state index contributed by atoms with van der Waals surface area (Å²) in [5.41, 5.74) is 1.74. The molecule has 0 aliphatic rings. The molecule has 0 saturated carbocycles. The van der Waals surface area contributed by atoms with Crippen LogP contribution in [0.5, 0.6) is 0 Å². The average molecular weight is 336 g/mol. The molecule has 0 fully saturated rings. The van der Waals surface area contributed by atoms with E-state index in [-0.39, 0.29) is 10.8 Å². The number of ether oxygens (including phenoxy) is 1. The first-order valence-electron chi connectivity index (χ1n) is 6.60. The maximum Gasteiger partial charge on any atom is 0.411 e. The molecule has 0 radical (unpaired) electrons. The molecule has 122 valence electrons. The third-order valence-corrected chi connectivity index (χ3v) is 4.15. The smallest absolute Gasteiger partial charge is 0.411 e. The highest BCUT2D eigenvalue weighted by atomic mass is 32.2. The molecule has 0 spiro atoms. The first-order valence-corrected chi connectivity index (χ1v) is 8.08. The molecule has 2 rings (SSSR count). The second-order valence-corrected chi connectivity index (χ2v) is 6.40. The van der Waals surface area contributed by atoms with Crippen molar-refractivity contribution in [3.63, 3.8) is 0 Å². The van der Waals surface area contributed by atoms with Gasteiger partial charge in [-0.25, -0.2) is 27.9 Å². The van der Waals surface area contributed by atoms with Crippen molar-refractivity contribution in [1.82, 2.24) is 9.97 Å². The van der Waals surface area contributed by atoms with Crippen molar-refractivity contribution in [2.75, 3.05) is 17.1 Å². The lowest BCUT2D eigenvalue weighted by atomic mass is 10.3. The first-order chi connectivity index (χ1) is 10.8. The van der Waals surface area contributed by atoms with Crippen molar-refractivity contribution in [3.8, 4) is 0 Å². The minimum atomic E-state index is -3.82. The van der Waals surface area contributed by atoms with E-state index < -0.39 is 16.1 Å². The van der Waals surface area contributed by atoms with E-state index in [9.17, 15) is 13.2 Å². The molecular formula is C14H16N4O4S. The highest BCUT2D eigenvalue weighted by molar-refractivity contribution is 7.92. The Balaban J connectivity index is 2.20.